The second-order valence-corrected chi connectivity index (χ2v) is 7.55. The first-order chi connectivity index (χ1) is 9.49. The zero-order valence-electron chi connectivity index (χ0n) is 14.9. The summed E-state index contributed by atoms with van der Waals surface area (Å²) in [6, 6.07) is 4.13. The minimum atomic E-state index is -0.0186. The molecule has 0 aliphatic rings. The Labute approximate surface area is 129 Å². The van der Waals surface area contributed by atoms with E-state index in [1.807, 2.05) is 13.0 Å². The smallest absolute Gasteiger partial charge is 0.213 e. The van der Waals surface area contributed by atoms with Crippen molar-refractivity contribution in [2.24, 2.45) is 0 Å². The molecule has 0 aromatic carbocycles. The van der Waals surface area contributed by atoms with E-state index in [0.29, 0.717) is 12.5 Å². The quantitative estimate of drug-likeness (QED) is 0.875. The van der Waals surface area contributed by atoms with Gasteiger partial charge in [-0.15, -0.1) is 0 Å². The number of nitrogens with one attached hydrogen (secondary N) is 1. The molecular weight excluding hydrogens is 262 g/mol. The first kappa shape index (κ1) is 17.9. The largest absolute Gasteiger partial charge is 0.476 e. The first-order valence-corrected chi connectivity index (χ1v) is 7.52. The van der Waals surface area contributed by atoms with Crippen molar-refractivity contribution in [3.63, 3.8) is 0 Å². The fraction of sp³-hybridized carbons (Fsp3) is 0.706. The highest BCUT2D eigenvalue weighted by atomic mass is 16.5. The Bertz CT molecular complexity index is 462. The molecule has 1 rings (SSSR count). The topological polar surface area (TPSA) is 37.4 Å². The predicted octanol–water partition coefficient (Wildman–Crippen LogP) is 3.00. The molecule has 4 nitrogen and oxygen atoms in total. The Morgan fingerprint density at radius 1 is 1.14 bits per heavy atom. The predicted molar refractivity (Wildman–Crippen MR) is 88.8 cm³/mol. The molecule has 120 valence electrons. The standard InChI is InChI=1S/C17H31N3O/c1-13-9-14(11-18-16(2,3)4)10-15(19-13)21-12-17(5,6)20(7)8/h9-10,18H,11-12H2,1-8H3. The van der Waals surface area contributed by atoms with Crippen LogP contribution in [0.5, 0.6) is 5.88 Å². The van der Waals surface area contributed by atoms with E-state index in [-0.39, 0.29) is 11.1 Å². The molecule has 1 heterocycles. The minimum Gasteiger partial charge on any atom is -0.476 e. The monoisotopic (exact) mass is 293 g/mol. The lowest BCUT2D eigenvalue weighted by atomic mass is 10.1. The number of ether oxygens (including phenoxy) is 1. The summed E-state index contributed by atoms with van der Waals surface area (Å²) in [7, 11) is 4.12. The van der Waals surface area contributed by atoms with Crippen molar-refractivity contribution in [2.75, 3.05) is 20.7 Å². The Morgan fingerprint density at radius 2 is 1.76 bits per heavy atom. The number of hydrogen-bond donors (Lipinski definition) is 1. The van der Waals surface area contributed by atoms with Crippen molar-refractivity contribution >= 4 is 0 Å². The van der Waals surface area contributed by atoms with E-state index in [4.69, 9.17) is 4.74 Å². The Balaban J connectivity index is 2.74. The average Bonchev–Trinajstić information content (AvgIpc) is 2.32. The lowest BCUT2D eigenvalue weighted by Gasteiger charge is -2.32. The van der Waals surface area contributed by atoms with Gasteiger partial charge in [0.1, 0.15) is 6.61 Å². The summed E-state index contributed by atoms with van der Waals surface area (Å²) in [5, 5.41) is 3.49. The number of aromatic nitrogens is 1. The molecule has 1 aromatic rings. The van der Waals surface area contributed by atoms with Crippen LogP contribution in [0.1, 0.15) is 45.9 Å². The summed E-state index contributed by atoms with van der Waals surface area (Å²) in [6.45, 7) is 14.2. The second-order valence-electron chi connectivity index (χ2n) is 7.55. The van der Waals surface area contributed by atoms with Crippen LogP contribution >= 0.6 is 0 Å². The molecule has 0 saturated carbocycles. The van der Waals surface area contributed by atoms with Gasteiger partial charge in [-0.05, 0) is 67.3 Å². The Hall–Kier alpha value is -1.13. The van der Waals surface area contributed by atoms with E-state index in [1.165, 1.54) is 5.56 Å². The number of aryl methyl sites for hydroxylation is 1. The third kappa shape index (κ3) is 6.44. The maximum absolute atomic E-state index is 5.90. The van der Waals surface area contributed by atoms with E-state index in [2.05, 4.69) is 70.0 Å². The van der Waals surface area contributed by atoms with E-state index < -0.39 is 0 Å². The molecule has 0 bridgehead atoms. The molecule has 0 aliphatic carbocycles. The fourth-order valence-corrected chi connectivity index (χ4v) is 1.63. The van der Waals surface area contributed by atoms with Gasteiger partial charge in [-0.2, -0.15) is 0 Å². The van der Waals surface area contributed by atoms with Gasteiger partial charge in [0.15, 0.2) is 0 Å². The molecule has 0 atom stereocenters. The molecule has 0 amide bonds. The van der Waals surface area contributed by atoms with Gasteiger partial charge in [0.2, 0.25) is 5.88 Å². The van der Waals surface area contributed by atoms with Crippen LogP contribution in [-0.4, -0.2) is 41.7 Å². The SMILES string of the molecule is Cc1cc(CNC(C)(C)C)cc(OCC(C)(C)N(C)C)n1. The van der Waals surface area contributed by atoms with Crippen LogP contribution in [0.4, 0.5) is 0 Å². The van der Waals surface area contributed by atoms with E-state index in [1.54, 1.807) is 0 Å². The molecular formula is C17H31N3O. The van der Waals surface area contributed by atoms with Crippen LogP contribution < -0.4 is 10.1 Å². The maximum atomic E-state index is 5.90. The van der Waals surface area contributed by atoms with Gasteiger partial charge in [0.05, 0.1) is 0 Å². The number of hydrogen-bond acceptors (Lipinski definition) is 4. The highest BCUT2D eigenvalue weighted by Crippen LogP contribution is 2.17. The van der Waals surface area contributed by atoms with Crippen LogP contribution in [0.2, 0.25) is 0 Å². The van der Waals surface area contributed by atoms with Gasteiger partial charge in [0, 0.05) is 29.4 Å². The van der Waals surface area contributed by atoms with E-state index in [9.17, 15) is 0 Å². The number of pyridine rings is 1. The normalized spacial score (nSPS) is 12.8. The van der Waals surface area contributed by atoms with E-state index in [0.717, 1.165) is 12.2 Å². The van der Waals surface area contributed by atoms with Gasteiger partial charge >= 0.3 is 0 Å². The third-order valence-electron chi connectivity index (χ3n) is 3.60. The van der Waals surface area contributed by atoms with Crippen molar-refractivity contribution < 1.29 is 4.74 Å². The minimum absolute atomic E-state index is 0.0186. The molecule has 0 radical (unpaired) electrons. The summed E-state index contributed by atoms with van der Waals surface area (Å²) < 4.78 is 5.90. The molecule has 4 heteroatoms. The van der Waals surface area contributed by atoms with Crippen molar-refractivity contribution in [3.05, 3.63) is 23.4 Å². The lowest BCUT2D eigenvalue weighted by molar-refractivity contribution is 0.111. The highest BCUT2D eigenvalue weighted by Gasteiger charge is 2.21. The summed E-state index contributed by atoms with van der Waals surface area (Å²) >= 11 is 0. The van der Waals surface area contributed by atoms with Crippen molar-refractivity contribution in [1.82, 2.24) is 15.2 Å². The van der Waals surface area contributed by atoms with Crippen molar-refractivity contribution in [1.29, 1.82) is 0 Å². The fourth-order valence-electron chi connectivity index (χ4n) is 1.63. The zero-order valence-corrected chi connectivity index (χ0v) is 14.9. The highest BCUT2D eigenvalue weighted by molar-refractivity contribution is 5.24. The van der Waals surface area contributed by atoms with Crippen molar-refractivity contribution in [3.8, 4) is 5.88 Å². The molecule has 0 aliphatic heterocycles. The molecule has 1 N–H and O–H groups in total. The Kier molecular flexibility index (Phi) is 5.76. The van der Waals surface area contributed by atoms with Crippen LogP contribution in [0.25, 0.3) is 0 Å². The lowest BCUT2D eigenvalue weighted by Crippen LogP contribution is -2.43. The summed E-state index contributed by atoms with van der Waals surface area (Å²) in [5.41, 5.74) is 2.27. The zero-order chi connectivity index (χ0) is 16.3. The number of nitrogens with zero attached hydrogens (tertiary/aromatic N) is 2. The first-order valence-electron chi connectivity index (χ1n) is 7.52. The molecule has 0 saturated heterocycles. The van der Waals surface area contributed by atoms with Crippen molar-refractivity contribution in [2.45, 2.75) is 59.2 Å². The van der Waals surface area contributed by atoms with Gasteiger partial charge in [-0.3, -0.25) is 0 Å². The van der Waals surface area contributed by atoms with Gasteiger partial charge in [-0.25, -0.2) is 4.98 Å². The summed E-state index contributed by atoms with van der Waals surface area (Å²) in [5.74, 6) is 0.704. The summed E-state index contributed by atoms with van der Waals surface area (Å²) in [6.07, 6.45) is 0. The average molecular weight is 293 g/mol. The van der Waals surface area contributed by atoms with Crippen LogP contribution in [-0.2, 0) is 6.54 Å². The van der Waals surface area contributed by atoms with Gasteiger partial charge < -0.3 is 15.0 Å². The molecule has 0 unspecified atom stereocenters. The molecule has 0 spiro atoms. The number of likely N-dealkylation sites (N-methyl/N-ethyl adjacent to an activating group) is 1. The number of rotatable bonds is 6. The molecule has 21 heavy (non-hydrogen) atoms. The summed E-state index contributed by atoms with van der Waals surface area (Å²) in [4.78, 5) is 6.63. The van der Waals surface area contributed by atoms with Crippen LogP contribution in [0.3, 0.4) is 0 Å². The van der Waals surface area contributed by atoms with E-state index >= 15 is 0 Å². The van der Waals surface area contributed by atoms with Gasteiger partial charge in [0.25, 0.3) is 0 Å². The van der Waals surface area contributed by atoms with Crippen LogP contribution in [0, 0.1) is 6.92 Å². The maximum Gasteiger partial charge on any atom is 0.213 e. The Morgan fingerprint density at radius 3 is 2.29 bits per heavy atom. The van der Waals surface area contributed by atoms with Crippen LogP contribution in [0.15, 0.2) is 12.1 Å². The molecule has 0 fully saturated rings. The third-order valence-corrected chi connectivity index (χ3v) is 3.60. The molecule has 1 aromatic heterocycles. The van der Waals surface area contributed by atoms with Gasteiger partial charge in [-0.1, -0.05) is 0 Å². The second kappa shape index (κ2) is 6.75.